The lowest BCUT2D eigenvalue weighted by molar-refractivity contribution is 0.476. The first kappa shape index (κ1) is 14.2. The van der Waals surface area contributed by atoms with Crippen LogP contribution < -0.4 is 4.72 Å². The largest absolute Gasteiger partial charge is 0.506 e. The number of phenols is 1. The second kappa shape index (κ2) is 5.41. The van der Waals surface area contributed by atoms with E-state index in [2.05, 4.69) is 4.72 Å². The molecule has 5 nitrogen and oxygen atoms in total. The first-order valence-corrected chi connectivity index (χ1v) is 7.30. The molecule has 7 heteroatoms. The molecular formula is C13H9ClN2O3S. The molecule has 2 rings (SSSR count). The van der Waals surface area contributed by atoms with Crippen LogP contribution in [-0.2, 0) is 10.0 Å². The molecule has 0 atom stereocenters. The molecule has 0 saturated heterocycles. The second-order valence-corrected chi connectivity index (χ2v) is 6.00. The normalized spacial score (nSPS) is 10.8. The minimum absolute atomic E-state index is 0.0194. The number of hydrogen-bond donors (Lipinski definition) is 2. The maximum absolute atomic E-state index is 12.1. The molecule has 0 saturated carbocycles. The van der Waals surface area contributed by atoms with Crippen molar-refractivity contribution in [2.75, 3.05) is 4.72 Å². The first-order chi connectivity index (χ1) is 9.42. The van der Waals surface area contributed by atoms with Gasteiger partial charge in [0.15, 0.2) is 0 Å². The van der Waals surface area contributed by atoms with Crippen LogP contribution in [0.2, 0.25) is 5.02 Å². The number of nitriles is 1. The molecule has 2 aromatic rings. The highest BCUT2D eigenvalue weighted by Crippen LogP contribution is 2.27. The van der Waals surface area contributed by atoms with Gasteiger partial charge in [0.2, 0.25) is 0 Å². The third kappa shape index (κ3) is 3.02. The Morgan fingerprint density at radius 3 is 2.35 bits per heavy atom. The van der Waals surface area contributed by atoms with Gasteiger partial charge in [0.05, 0.1) is 27.2 Å². The van der Waals surface area contributed by atoms with Crippen LogP contribution in [0.15, 0.2) is 47.4 Å². The van der Waals surface area contributed by atoms with Crippen LogP contribution in [0.25, 0.3) is 0 Å². The first-order valence-electron chi connectivity index (χ1n) is 5.44. The highest BCUT2D eigenvalue weighted by molar-refractivity contribution is 7.92. The SMILES string of the molecule is N#Cc1ccc(S(=O)(=O)Nc2ccc(Cl)c(O)c2)cc1. The Labute approximate surface area is 121 Å². The third-order valence-corrected chi connectivity index (χ3v) is 4.21. The number of rotatable bonds is 3. The Hall–Kier alpha value is -2.23. The zero-order chi connectivity index (χ0) is 14.8. The topological polar surface area (TPSA) is 90.2 Å². The molecule has 0 aliphatic carbocycles. The van der Waals surface area contributed by atoms with Crippen molar-refractivity contribution in [3.05, 3.63) is 53.1 Å². The predicted octanol–water partition coefficient (Wildman–Crippen LogP) is 2.72. The fourth-order valence-corrected chi connectivity index (χ4v) is 2.67. The van der Waals surface area contributed by atoms with Crippen molar-refractivity contribution in [1.82, 2.24) is 0 Å². The third-order valence-electron chi connectivity index (χ3n) is 2.49. The van der Waals surface area contributed by atoms with Crippen molar-refractivity contribution in [3.8, 4) is 11.8 Å². The average molecular weight is 309 g/mol. The van der Waals surface area contributed by atoms with Crippen molar-refractivity contribution in [2.24, 2.45) is 0 Å². The van der Waals surface area contributed by atoms with Gasteiger partial charge in [0.1, 0.15) is 5.75 Å². The number of hydrogen-bond acceptors (Lipinski definition) is 4. The molecule has 20 heavy (non-hydrogen) atoms. The standard InChI is InChI=1S/C13H9ClN2O3S/c14-12-6-3-10(7-13(12)17)16-20(18,19)11-4-1-9(8-15)2-5-11/h1-7,16-17H. The Morgan fingerprint density at radius 2 is 1.80 bits per heavy atom. The molecule has 2 aromatic carbocycles. The van der Waals surface area contributed by atoms with E-state index in [0.717, 1.165) is 0 Å². The zero-order valence-corrected chi connectivity index (χ0v) is 11.6. The van der Waals surface area contributed by atoms with E-state index in [4.69, 9.17) is 16.9 Å². The summed E-state index contributed by atoms with van der Waals surface area (Å²) in [5, 5.41) is 18.2. The van der Waals surface area contributed by atoms with Gasteiger partial charge < -0.3 is 5.11 Å². The lowest BCUT2D eigenvalue weighted by Crippen LogP contribution is -2.12. The van der Waals surface area contributed by atoms with E-state index < -0.39 is 10.0 Å². The van der Waals surface area contributed by atoms with Gasteiger partial charge >= 0.3 is 0 Å². The molecule has 0 unspecified atom stereocenters. The summed E-state index contributed by atoms with van der Waals surface area (Å²) in [7, 11) is -3.78. The van der Waals surface area contributed by atoms with Crippen LogP contribution in [0.1, 0.15) is 5.56 Å². The number of aromatic hydroxyl groups is 1. The summed E-state index contributed by atoms with van der Waals surface area (Å²) in [6.07, 6.45) is 0. The minimum Gasteiger partial charge on any atom is -0.506 e. The van der Waals surface area contributed by atoms with Crippen LogP contribution in [0, 0.1) is 11.3 Å². The summed E-state index contributed by atoms with van der Waals surface area (Å²) in [4.78, 5) is 0.0194. The van der Waals surface area contributed by atoms with E-state index >= 15 is 0 Å². The predicted molar refractivity (Wildman–Crippen MR) is 75.1 cm³/mol. The number of nitrogens with one attached hydrogen (secondary N) is 1. The molecule has 0 radical (unpaired) electrons. The Morgan fingerprint density at radius 1 is 1.15 bits per heavy atom. The molecular weight excluding hydrogens is 300 g/mol. The van der Waals surface area contributed by atoms with E-state index in [1.807, 2.05) is 6.07 Å². The van der Waals surface area contributed by atoms with E-state index in [-0.39, 0.29) is 21.4 Å². The maximum Gasteiger partial charge on any atom is 0.261 e. The summed E-state index contributed by atoms with van der Waals surface area (Å²) in [5.74, 6) is -0.216. The molecule has 0 aliphatic heterocycles. The fraction of sp³-hybridized carbons (Fsp3) is 0. The van der Waals surface area contributed by atoms with Gasteiger partial charge in [0.25, 0.3) is 10.0 Å². The quantitative estimate of drug-likeness (QED) is 0.912. The van der Waals surface area contributed by atoms with Crippen LogP contribution in [0.3, 0.4) is 0 Å². The monoisotopic (exact) mass is 308 g/mol. The van der Waals surface area contributed by atoms with Gasteiger partial charge in [-0.05, 0) is 36.4 Å². The van der Waals surface area contributed by atoms with Gasteiger partial charge in [-0.25, -0.2) is 8.42 Å². The number of halogens is 1. The van der Waals surface area contributed by atoms with Crippen molar-refractivity contribution in [2.45, 2.75) is 4.90 Å². The summed E-state index contributed by atoms with van der Waals surface area (Å²) in [6, 6.07) is 11.4. The zero-order valence-electron chi connectivity index (χ0n) is 10.0. The molecule has 2 N–H and O–H groups in total. The second-order valence-electron chi connectivity index (χ2n) is 3.91. The number of anilines is 1. The van der Waals surface area contributed by atoms with Gasteiger partial charge in [-0.15, -0.1) is 0 Å². The number of benzene rings is 2. The van der Waals surface area contributed by atoms with Crippen LogP contribution in [0.5, 0.6) is 5.75 Å². The molecule has 0 heterocycles. The van der Waals surface area contributed by atoms with Crippen molar-refractivity contribution in [1.29, 1.82) is 5.26 Å². The molecule has 0 aromatic heterocycles. The lowest BCUT2D eigenvalue weighted by atomic mass is 10.2. The Kier molecular flexibility index (Phi) is 3.84. The molecule has 0 spiro atoms. The smallest absolute Gasteiger partial charge is 0.261 e. The Bertz CT molecular complexity index is 780. The van der Waals surface area contributed by atoms with Gasteiger partial charge in [-0.3, -0.25) is 4.72 Å². The maximum atomic E-state index is 12.1. The fourth-order valence-electron chi connectivity index (χ4n) is 1.50. The van der Waals surface area contributed by atoms with Gasteiger partial charge in [-0.2, -0.15) is 5.26 Å². The molecule has 0 bridgehead atoms. The van der Waals surface area contributed by atoms with Crippen LogP contribution >= 0.6 is 11.6 Å². The van der Waals surface area contributed by atoms with Crippen molar-refractivity contribution < 1.29 is 13.5 Å². The summed E-state index contributed by atoms with van der Waals surface area (Å²) in [6.45, 7) is 0. The van der Waals surface area contributed by atoms with Gasteiger partial charge in [-0.1, -0.05) is 11.6 Å². The summed E-state index contributed by atoms with van der Waals surface area (Å²) in [5.41, 5.74) is 0.560. The number of phenolic OH excluding ortho intramolecular Hbond substituents is 1. The molecule has 102 valence electrons. The molecule has 0 amide bonds. The van der Waals surface area contributed by atoms with E-state index in [0.29, 0.717) is 5.56 Å². The van der Waals surface area contributed by atoms with Crippen molar-refractivity contribution >= 4 is 27.3 Å². The number of sulfonamides is 1. The molecule has 0 fully saturated rings. The average Bonchev–Trinajstić information content (AvgIpc) is 2.43. The van der Waals surface area contributed by atoms with E-state index in [1.165, 1.54) is 42.5 Å². The minimum atomic E-state index is -3.78. The summed E-state index contributed by atoms with van der Waals surface area (Å²) < 4.78 is 26.5. The highest BCUT2D eigenvalue weighted by Gasteiger charge is 2.14. The van der Waals surface area contributed by atoms with Crippen LogP contribution in [-0.4, -0.2) is 13.5 Å². The van der Waals surface area contributed by atoms with Crippen molar-refractivity contribution in [3.63, 3.8) is 0 Å². The van der Waals surface area contributed by atoms with Crippen LogP contribution in [0.4, 0.5) is 5.69 Å². The molecule has 0 aliphatic rings. The van der Waals surface area contributed by atoms with E-state index in [1.54, 1.807) is 0 Å². The summed E-state index contributed by atoms with van der Waals surface area (Å²) >= 11 is 5.64. The highest BCUT2D eigenvalue weighted by atomic mass is 35.5. The lowest BCUT2D eigenvalue weighted by Gasteiger charge is -2.08. The number of nitrogens with zero attached hydrogens (tertiary/aromatic N) is 1. The Balaban J connectivity index is 2.30. The van der Waals surface area contributed by atoms with E-state index in [9.17, 15) is 13.5 Å². The van der Waals surface area contributed by atoms with Gasteiger partial charge in [0, 0.05) is 6.07 Å².